The molecule has 3 heteroatoms. The van der Waals surface area contributed by atoms with Crippen molar-refractivity contribution in [1.29, 1.82) is 0 Å². The van der Waals surface area contributed by atoms with E-state index in [1.54, 1.807) is 12.4 Å². The molecule has 0 unspecified atom stereocenters. The van der Waals surface area contributed by atoms with Gasteiger partial charge in [0, 0.05) is 18.3 Å². The van der Waals surface area contributed by atoms with Crippen LogP contribution in [0, 0.1) is 0 Å². The summed E-state index contributed by atoms with van der Waals surface area (Å²) in [7, 11) is 0. The Kier molecular flexibility index (Phi) is 4.88. The van der Waals surface area contributed by atoms with Crippen LogP contribution in [-0.2, 0) is 0 Å². The average Bonchev–Trinajstić information content (AvgIpc) is 2.19. The molecule has 0 N–H and O–H groups in total. The molecule has 0 aliphatic carbocycles. The van der Waals surface area contributed by atoms with Gasteiger partial charge in [0.15, 0.2) is 0 Å². The molecule has 78 valence electrons. The second-order valence-corrected chi connectivity index (χ2v) is 3.97. The molecular formula is C11H17ClN2. The maximum absolute atomic E-state index is 5.75. The molecular weight excluding hydrogens is 196 g/mol. The first kappa shape index (κ1) is 11.4. The molecule has 0 aliphatic rings. The van der Waals surface area contributed by atoms with E-state index in [0.717, 1.165) is 18.7 Å². The summed E-state index contributed by atoms with van der Waals surface area (Å²) in [6.07, 6.45) is 8.04. The summed E-state index contributed by atoms with van der Waals surface area (Å²) in [5.41, 5.74) is 0. The minimum Gasteiger partial charge on any atom is -0.240 e. The lowest BCUT2D eigenvalue weighted by molar-refractivity contribution is 0.533. The third-order valence-electron chi connectivity index (χ3n) is 2.28. The molecule has 0 atom stereocenters. The highest BCUT2D eigenvalue weighted by Gasteiger charge is 2.11. The quantitative estimate of drug-likeness (QED) is 0.742. The van der Waals surface area contributed by atoms with Crippen molar-refractivity contribution in [2.75, 3.05) is 0 Å². The Morgan fingerprint density at radius 2 is 1.64 bits per heavy atom. The van der Waals surface area contributed by atoms with Crippen molar-refractivity contribution in [2.24, 2.45) is 0 Å². The average molecular weight is 213 g/mol. The zero-order chi connectivity index (χ0) is 10.4. The Balaban J connectivity index is 2.71. The van der Waals surface area contributed by atoms with Gasteiger partial charge in [0.1, 0.15) is 5.82 Å². The molecule has 0 saturated heterocycles. The first-order valence-electron chi connectivity index (χ1n) is 5.25. The summed E-state index contributed by atoms with van der Waals surface area (Å²) < 4.78 is 0. The molecule has 1 aromatic heterocycles. The van der Waals surface area contributed by atoms with Crippen LogP contribution < -0.4 is 0 Å². The van der Waals surface area contributed by atoms with Crippen molar-refractivity contribution in [3.05, 3.63) is 23.2 Å². The van der Waals surface area contributed by atoms with Crippen molar-refractivity contribution in [1.82, 2.24) is 9.97 Å². The Bertz CT molecular complexity index is 252. The summed E-state index contributed by atoms with van der Waals surface area (Å²) in [6, 6.07) is 0. The van der Waals surface area contributed by atoms with Gasteiger partial charge < -0.3 is 0 Å². The number of aromatic nitrogens is 2. The standard InChI is InChI=1S/C11H17ClN2/c1-3-5-9(6-4-2)11-13-7-10(12)8-14-11/h7-9H,3-6H2,1-2H3. The fourth-order valence-corrected chi connectivity index (χ4v) is 1.73. The van der Waals surface area contributed by atoms with Crippen LogP contribution in [0.1, 0.15) is 51.3 Å². The molecule has 0 fully saturated rings. The van der Waals surface area contributed by atoms with Crippen LogP contribution in [0.2, 0.25) is 5.02 Å². The van der Waals surface area contributed by atoms with E-state index >= 15 is 0 Å². The Morgan fingerprint density at radius 3 is 2.07 bits per heavy atom. The predicted octanol–water partition coefficient (Wildman–Crippen LogP) is 3.81. The number of rotatable bonds is 5. The molecule has 0 aromatic carbocycles. The monoisotopic (exact) mass is 212 g/mol. The second-order valence-electron chi connectivity index (χ2n) is 3.53. The SMILES string of the molecule is CCCC(CCC)c1ncc(Cl)cn1. The maximum atomic E-state index is 5.75. The van der Waals surface area contributed by atoms with Crippen molar-refractivity contribution in [3.8, 4) is 0 Å². The lowest BCUT2D eigenvalue weighted by atomic mass is 9.97. The minimum atomic E-state index is 0.502. The van der Waals surface area contributed by atoms with E-state index in [9.17, 15) is 0 Å². The van der Waals surface area contributed by atoms with Crippen LogP contribution in [-0.4, -0.2) is 9.97 Å². The Labute approximate surface area is 90.7 Å². The van der Waals surface area contributed by atoms with Crippen LogP contribution in [0.4, 0.5) is 0 Å². The minimum absolute atomic E-state index is 0.502. The van der Waals surface area contributed by atoms with Crippen LogP contribution in [0.5, 0.6) is 0 Å². The molecule has 0 radical (unpaired) electrons. The molecule has 0 amide bonds. The van der Waals surface area contributed by atoms with Crippen molar-refractivity contribution in [2.45, 2.75) is 45.4 Å². The highest BCUT2D eigenvalue weighted by molar-refractivity contribution is 6.30. The van der Waals surface area contributed by atoms with Gasteiger partial charge in [-0.25, -0.2) is 9.97 Å². The largest absolute Gasteiger partial charge is 0.240 e. The Morgan fingerprint density at radius 1 is 1.14 bits per heavy atom. The van der Waals surface area contributed by atoms with E-state index in [0.29, 0.717) is 10.9 Å². The van der Waals surface area contributed by atoms with Gasteiger partial charge in [-0.2, -0.15) is 0 Å². The van der Waals surface area contributed by atoms with Crippen molar-refractivity contribution >= 4 is 11.6 Å². The van der Waals surface area contributed by atoms with Crippen LogP contribution in [0.25, 0.3) is 0 Å². The topological polar surface area (TPSA) is 25.8 Å². The highest BCUT2D eigenvalue weighted by atomic mass is 35.5. The van der Waals surface area contributed by atoms with E-state index in [1.165, 1.54) is 12.8 Å². The van der Waals surface area contributed by atoms with E-state index in [1.807, 2.05) is 0 Å². The number of hydrogen-bond acceptors (Lipinski definition) is 2. The normalized spacial score (nSPS) is 10.9. The zero-order valence-corrected chi connectivity index (χ0v) is 9.59. The van der Waals surface area contributed by atoms with Gasteiger partial charge in [-0.1, -0.05) is 38.3 Å². The maximum Gasteiger partial charge on any atom is 0.131 e. The van der Waals surface area contributed by atoms with Crippen molar-refractivity contribution in [3.63, 3.8) is 0 Å². The van der Waals surface area contributed by atoms with Gasteiger partial charge in [0.25, 0.3) is 0 Å². The van der Waals surface area contributed by atoms with Gasteiger partial charge in [-0.05, 0) is 12.8 Å². The molecule has 0 bridgehead atoms. The molecule has 0 saturated carbocycles. The number of halogens is 1. The van der Waals surface area contributed by atoms with Gasteiger partial charge in [-0.3, -0.25) is 0 Å². The zero-order valence-electron chi connectivity index (χ0n) is 8.83. The van der Waals surface area contributed by atoms with Crippen LogP contribution >= 0.6 is 11.6 Å². The Hall–Kier alpha value is -0.630. The fraction of sp³-hybridized carbons (Fsp3) is 0.636. The van der Waals surface area contributed by atoms with Crippen LogP contribution in [0.15, 0.2) is 12.4 Å². The smallest absolute Gasteiger partial charge is 0.131 e. The molecule has 2 nitrogen and oxygen atoms in total. The van der Waals surface area contributed by atoms with Gasteiger partial charge in [0.05, 0.1) is 5.02 Å². The number of hydrogen-bond donors (Lipinski definition) is 0. The van der Waals surface area contributed by atoms with Crippen LogP contribution in [0.3, 0.4) is 0 Å². The molecule has 1 heterocycles. The summed E-state index contributed by atoms with van der Waals surface area (Å²) in [6.45, 7) is 4.39. The van der Waals surface area contributed by atoms with Gasteiger partial charge in [-0.15, -0.1) is 0 Å². The summed E-state index contributed by atoms with van der Waals surface area (Å²) >= 11 is 5.75. The summed E-state index contributed by atoms with van der Waals surface area (Å²) in [5, 5.41) is 0.612. The van der Waals surface area contributed by atoms with E-state index in [4.69, 9.17) is 11.6 Å². The lowest BCUT2D eigenvalue weighted by Crippen LogP contribution is -2.03. The molecule has 0 spiro atoms. The van der Waals surface area contributed by atoms with Gasteiger partial charge in [0.2, 0.25) is 0 Å². The van der Waals surface area contributed by atoms with Crippen molar-refractivity contribution < 1.29 is 0 Å². The second kappa shape index (κ2) is 5.97. The van der Waals surface area contributed by atoms with E-state index in [2.05, 4.69) is 23.8 Å². The third kappa shape index (κ3) is 3.26. The molecule has 14 heavy (non-hydrogen) atoms. The molecule has 1 rings (SSSR count). The van der Waals surface area contributed by atoms with Gasteiger partial charge >= 0.3 is 0 Å². The lowest BCUT2D eigenvalue weighted by Gasteiger charge is -2.12. The molecule has 0 aliphatic heterocycles. The third-order valence-corrected chi connectivity index (χ3v) is 2.47. The fourth-order valence-electron chi connectivity index (χ4n) is 1.63. The first-order valence-corrected chi connectivity index (χ1v) is 5.63. The summed E-state index contributed by atoms with van der Waals surface area (Å²) in [5.74, 6) is 1.44. The predicted molar refractivity (Wildman–Crippen MR) is 59.6 cm³/mol. The van der Waals surface area contributed by atoms with E-state index in [-0.39, 0.29) is 0 Å². The number of nitrogens with zero attached hydrogens (tertiary/aromatic N) is 2. The van der Waals surface area contributed by atoms with E-state index < -0.39 is 0 Å². The summed E-state index contributed by atoms with van der Waals surface area (Å²) in [4.78, 5) is 8.55. The molecule has 1 aromatic rings. The first-order chi connectivity index (χ1) is 6.77. The highest BCUT2D eigenvalue weighted by Crippen LogP contribution is 2.23.